The average Bonchev–Trinajstić information content (AvgIpc) is 2.71. The van der Waals surface area contributed by atoms with Gasteiger partial charge in [0.05, 0.1) is 0 Å². The summed E-state index contributed by atoms with van der Waals surface area (Å²) < 4.78 is 5.98. The molecule has 4 nitrogen and oxygen atoms in total. The lowest BCUT2D eigenvalue weighted by atomic mass is 10.1. The van der Waals surface area contributed by atoms with Crippen molar-refractivity contribution in [1.29, 1.82) is 0 Å². The predicted molar refractivity (Wildman–Crippen MR) is 116 cm³/mol. The topological polar surface area (TPSA) is 50.7 Å². The summed E-state index contributed by atoms with van der Waals surface area (Å²) in [4.78, 5) is 15.7. The van der Waals surface area contributed by atoms with Crippen molar-refractivity contribution < 1.29 is 9.53 Å². The number of amides is 1. The molecule has 1 N–H and O–H groups in total. The quantitative estimate of drug-likeness (QED) is 0.304. The molecule has 0 unspecified atom stereocenters. The molecule has 0 aliphatic heterocycles. The van der Waals surface area contributed by atoms with E-state index >= 15 is 0 Å². The van der Waals surface area contributed by atoms with E-state index in [1.165, 1.54) is 31.2 Å². The van der Waals surface area contributed by atoms with Crippen LogP contribution in [-0.4, -0.2) is 12.1 Å². The van der Waals surface area contributed by atoms with E-state index in [1.54, 1.807) is 13.1 Å². The second-order valence-corrected chi connectivity index (χ2v) is 6.72. The van der Waals surface area contributed by atoms with Gasteiger partial charge in [-0.1, -0.05) is 57.0 Å². The van der Waals surface area contributed by atoms with Crippen molar-refractivity contribution in [2.45, 2.75) is 52.5 Å². The molecule has 28 heavy (non-hydrogen) atoms. The Kier molecular flexibility index (Phi) is 8.99. The molecule has 1 amide bonds. The molecule has 0 aliphatic rings. The van der Waals surface area contributed by atoms with Gasteiger partial charge in [0, 0.05) is 12.8 Å². The number of unbranched alkanes of at least 4 members (excludes halogenated alkanes) is 3. The fraction of sp³-hybridized carbons (Fsp3) is 0.333. The van der Waals surface area contributed by atoms with Crippen LogP contribution in [0, 0.1) is 0 Å². The first-order valence-corrected chi connectivity index (χ1v) is 9.94. The van der Waals surface area contributed by atoms with Crippen LogP contribution in [-0.2, 0) is 17.8 Å². The van der Waals surface area contributed by atoms with Gasteiger partial charge in [0.1, 0.15) is 17.2 Å². The van der Waals surface area contributed by atoms with E-state index in [0.717, 1.165) is 23.5 Å². The molecule has 2 aromatic carbocycles. The number of ether oxygens (including phenoxy) is 1. The SMILES string of the molecule is C=C(N=CC)C(=O)NCc1ccc(Oc2cccc(CCCCCC)c2)cc1. The van der Waals surface area contributed by atoms with Gasteiger partial charge in [0.25, 0.3) is 5.91 Å². The van der Waals surface area contributed by atoms with Gasteiger partial charge in [-0.15, -0.1) is 0 Å². The van der Waals surface area contributed by atoms with Gasteiger partial charge < -0.3 is 10.1 Å². The standard InChI is InChI=1S/C24H30N2O2/c1-4-6-7-8-10-20-11-9-12-23(17-20)28-22-15-13-21(14-16-22)18-26-24(27)19(3)25-5-2/h5,9,11-17H,3-4,6-8,10,18H2,1-2H3,(H,26,27). The number of carbonyl (C=O) groups is 1. The monoisotopic (exact) mass is 378 g/mol. The first kappa shape index (κ1) is 21.4. The molecular weight excluding hydrogens is 348 g/mol. The molecule has 148 valence electrons. The Morgan fingerprint density at radius 3 is 2.57 bits per heavy atom. The number of aliphatic imine (C=N–C) groups is 1. The average molecular weight is 379 g/mol. The fourth-order valence-corrected chi connectivity index (χ4v) is 2.83. The number of hydrogen-bond acceptors (Lipinski definition) is 3. The van der Waals surface area contributed by atoms with Gasteiger partial charge in [-0.05, 0) is 55.2 Å². The summed E-state index contributed by atoms with van der Waals surface area (Å²) in [6.07, 6.45) is 7.68. The highest BCUT2D eigenvalue weighted by molar-refractivity contribution is 5.93. The van der Waals surface area contributed by atoms with Crippen molar-refractivity contribution in [3.05, 3.63) is 71.9 Å². The molecule has 0 saturated heterocycles. The molecule has 0 fully saturated rings. The number of hydrogen-bond donors (Lipinski definition) is 1. The van der Waals surface area contributed by atoms with E-state index in [-0.39, 0.29) is 11.6 Å². The highest BCUT2D eigenvalue weighted by atomic mass is 16.5. The van der Waals surface area contributed by atoms with Crippen LogP contribution in [0.1, 0.15) is 50.7 Å². The lowest BCUT2D eigenvalue weighted by Gasteiger charge is -2.09. The maximum Gasteiger partial charge on any atom is 0.269 e. The largest absolute Gasteiger partial charge is 0.457 e. The Hall–Kier alpha value is -2.88. The Morgan fingerprint density at radius 2 is 1.86 bits per heavy atom. The minimum Gasteiger partial charge on any atom is -0.457 e. The summed E-state index contributed by atoms with van der Waals surface area (Å²) >= 11 is 0. The molecule has 2 aromatic rings. The zero-order chi connectivity index (χ0) is 20.2. The van der Waals surface area contributed by atoms with Crippen LogP contribution in [0.15, 0.2) is 65.8 Å². The minimum atomic E-state index is -0.269. The van der Waals surface area contributed by atoms with Crippen LogP contribution in [0.5, 0.6) is 11.5 Å². The van der Waals surface area contributed by atoms with Crippen molar-refractivity contribution in [2.75, 3.05) is 0 Å². The first-order chi connectivity index (χ1) is 13.6. The normalized spacial score (nSPS) is 10.8. The maximum absolute atomic E-state index is 11.8. The number of nitrogens with one attached hydrogen (secondary N) is 1. The smallest absolute Gasteiger partial charge is 0.269 e. The minimum absolute atomic E-state index is 0.206. The van der Waals surface area contributed by atoms with Gasteiger partial charge in [-0.2, -0.15) is 0 Å². The first-order valence-electron chi connectivity index (χ1n) is 9.94. The van der Waals surface area contributed by atoms with E-state index in [2.05, 4.69) is 35.9 Å². The van der Waals surface area contributed by atoms with Crippen LogP contribution >= 0.6 is 0 Å². The van der Waals surface area contributed by atoms with Crippen molar-refractivity contribution in [3.63, 3.8) is 0 Å². The molecule has 0 aromatic heterocycles. The summed E-state index contributed by atoms with van der Waals surface area (Å²) in [6, 6.07) is 16.0. The summed E-state index contributed by atoms with van der Waals surface area (Å²) in [6.45, 7) is 8.02. The number of nitrogens with zero attached hydrogens (tertiary/aromatic N) is 1. The van der Waals surface area contributed by atoms with Gasteiger partial charge >= 0.3 is 0 Å². The van der Waals surface area contributed by atoms with Crippen LogP contribution < -0.4 is 10.1 Å². The Balaban J connectivity index is 1.86. The molecule has 2 rings (SSSR count). The number of benzene rings is 2. The van der Waals surface area contributed by atoms with Crippen molar-refractivity contribution in [1.82, 2.24) is 5.32 Å². The van der Waals surface area contributed by atoms with Gasteiger partial charge in [0.2, 0.25) is 0 Å². The highest BCUT2D eigenvalue weighted by Crippen LogP contribution is 2.23. The molecule has 0 bridgehead atoms. The molecule has 0 radical (unpaired) electrons. The lowest BCUT2D eigenvalue weighted by Crippen LogP contribution is -2.23. The molecule has 0 atom stereocenters. The van der Waals surface area contributed by atoms with E-state index in [9.17, 15) is 4.79 Å². The lowest BCUT2D eigenvalue weighted by molar-refractivity contribution is -0.117. The fourth-order valence-electron chi connectivity index (χ4n) is 2.83. The Bertz CT molecular complexity index is 795. The van der Waals surface area contributed by atoms with Crippen LogP contribution in [0.3, 0.4) is 0 Å². The summed E-state index contributed by atoms with van der Waals surface area (Å²) in [5.41, 5.74) is 2.50. The number of carbonyl (C=O) groups excluding carboxylic acids is 1. The zero-order valence-electron chi connectivity index (χ0n) is 16.9. The molecule has 0 saturated carbocycles. The maximum atomic E-state index is 11.8. The molecular formula is C24H30N2O2. The molecule has 4 heteroatoms. The number of rotatable bonds is 11. The van der Waals surface area contributed by atoms with Crippen LogP contribution in [0.4, 0.5) is 0 Å². The van der Waals surface area contributed by atoms with Crippen LogP contribution in [0.25, 0.3) is 0 Å². The third-order valence-corrected chi connectivity index (χ3v) is 4.38. The number of aryl methyl sites for hydroxylation is 1. The predicted octanol–water partition coefficient (Wildman–Crippen LogP) is 5.82. The van der Waals surface area contributed by atoms with Gasteiger partial charge in [-0.25, -0.2) is 0 Å². The van der Waals surface area contributed by atoms with E-state index in [4.69, 9.17) is 4.74 Å². The summed E-state index contributed by atoms with van der Waals surface area (Å²) in [5.74, 6) is 1.36. The molecule has 0 spiro atoms. The van der Waals surface area contributed by atoms with Crippen molar-refractivity contribution in [2.24, 2.45) is 4.99 Å². The highest BCUT2D eigenvalue weighted by Gasteiger charge is 2.05. The third kappa shape index (κ3) is 7.39. The molecule has 0 aliphatic carbocycles. The Morgan fingerprint density at radius 1 is 1.07 bits per heavy atom. The summed E-state index contributed by atoms with van der Waals surface area (Å²) in [7, 11) is 0. The second-order valence-electron chi connectivity index (χ2n) is 6.72. The molecule has 0 heterocycles. The van der Waals surface area contributed by atoms with E-state index < -0.39 is 0 Å². The van der Waals surface area contributed by atoms with Crippen LogP contribution in [0.2, 0.25) is 0 Å². The zero-order valence-corrected chi connectivity index (χ0v) is 16.9. The Labute approximate surface area is 168 Å². The van der Waals surface area contributed by atoms with Gasteiger partial charge in [-0.3, -0.25) is 9.79 Å². The van der Waals surface area contributed by atoms with E-state index in [0.29, 0.717) is 6.54 Å². The summed E-state index contributed by atoms with van der Waals surface area (Å²) in [5, 5.41) is 2.80. The van der Waals surface area contributed by atoms with Crippen molar-refractivity contribution in [3.8, 4) is 11.5 Å². The van der Waals surface area contributed by atoms with E-state index in [1.807, 2.05) is 36.4 Å². The van der Waals surface area contributed by atoms with Crippen molar-refractivity contribution >= 4 is 12.1 Å². The van der Waals surface area contributed by atoms with Gasteiger partial charge in [0.15, 0.2) is 0 Å². The third-order valence-electron chi connectivity index (χ3n) is 4.38. The second kappa shape index (κ2) is 11.8.